The lowest BCUT2D eigenvalue weighted by Crippen LogP contribution is -2.50. The second-order valence-electron chi connectivity index (χ2n) is 6.52. The van der Waals surface area contributed by atoms with Gasteiger partial charge in [-0.3, -0.25) is 4.90 Å². The first-order valence-electron chi connectivity index (χ1n) is 8.57. The average Bonchev–Trinajstić information content (AvgIpc) is 3.21. The molecule has 1 saturated heterocycles. The van der Waals surface area contributed by atoms with E-state index in [0.29, 0.717) is 24.0 Å². The van der Waals surface area contributed by atoms with Crippen molar-refractivity contribution in [2.24, 2.45) is 5.92 Å². The summed E-state index contributed by atoms with van der Waals surface area (Å²) in [6.07, 6.45) is 6.20. The van der Waals surface area contributed by atoms with Crippen LogP contribution in [0.5, 0.6) is 0 Å². The zero-order valence-electron chi connectivity index (χ0n) is 13.9. The molecule has 0 unspecified atom stereocenters. The monoisotopic (exact) mass is 345 g/mol. The first kappa shape index (κ1) is 15.9. The third kappa shape index (κ3) is 3.43. The highest BCUT2D eigenvalue weighted by Gasteiger charge is 2.42. The maximum atomic E-state index is 6.14. The molecule has 2 aliphatic rings. The molecular weight excluding hydrogens is 322 g/mol. The summed E-state index contributed by atoms with van der Waals surface area (Å²) in [4.78, 5) is 15.7. The lowest BCUT2D eigenvalue weighted by molar-refractivity contribution is -0.0748. The van der Waals surface area contributed by atoms with Gasteiger partial charge in [0.05, 0.1) is 23.4 Å². The lowest BCUT2D eigenvalue weighted by Gasteiger charge is -2.39. The summed E-state index contributed by atoms with van der Waals surface area (Å²) in [7, 11) is 0. The smallest absolute Gasteiger partial charge is 0.222 e. The molecule has 24 heavy (non-hydrogen) atoms. The molecule has 3 atom stereocenters. The number of hydrogen-bond acceptors (Lipinski definition) is 7. The van der Waals surface area contributed by atoms with Gasteiger partial charge >= 0.3 is 0 Å². The molecule has 0 amide bonds. The molecule has 0 bridgehead atoms. The summed E-state index contributed by atoms with van der Waals surface area (Å²) in [5.74, 6) is 1.21. The van der Waals surface area contributed by atoms with E-state index in [1.165, 1.54) is 18.5 Å². The summed E-state index contributed by atoms with van der Waals surface area (Å²) >= 11 is 1.73. The predicted octanol–water partition coefficient (Wildman–Crippen LogP) is 2.33. The third-order valence-electron chi connectivity index (χ3n) is 4.95. The molecule has 1 N–H and O–H groups in total. The molecule has 0 radical (unpaired) electrons. The number of aromatic nitrogens is 3. The van der Waals surface area contributed by atoms with Gasteiger partial charge in [0.15, 0.2) is 0 Å². The number of rotatable bonds is 5. The second-order valence-corrected chi connectivity index (χ2v) is 7.58. The highest BCUT2D eigenvalue weighted by molar-refractivity contribution is 7.09. The Balaban J connectivity index is 1.37. The van der Waals surface area contributed by atoms with Crippen molar-refractivity contribution in [1.82, 2.24) is 19.9 Å². The van der Waals surface area contributed by atoms with E-state index in [4.69, 9.17) is 4.74 Å². The van der Waals surface area contributed by atoms with Crippen molar-refractivity contribution in [1.29, 1.82) is 0 Å². The quantitative estimate of drug-likeness (QED) is 0.897. The number of anilines is 1. The van der Waals surface area contributed by atoms with Crippen LogP contribution in [-0.4, -0.2) is 51.7 Å². The number of fused-ring (bicyclic) bond motifs is 1. The molecule has 0 aromatic carbocycles. The minimum absolute atomic E-state index is 0.301. The van der Waals surface area contributed by atoms with Gasteiger partial charge < -0.3 is 10.1 Å². The fourth-order valence-corrected chi connectivity index (χ4v) is 4.46. The molecule has 0 spiro atoms. The van der Waals surface area contributed by atoms with E-state index in [1.807, 2.05) is 6.07 Å². The minimum atomic E-state index is 0.301. The first-order chi connectivity index (χ1) is 11.8. The molecule has 3 heterocycles. The number of nitrogens with zero attached hydrogens (tertiary/aromatic N) is 4. The van der Waals surface area contributed by atoms with E-state index in [0.717, 1.165) is 31.2 Å². The van der Waals surface area contributed by atoms with Crippen molar-refractivity contribution in [3.63, 3.8) is 0 Å². The molecule has 1 saturated carbocycles. The van der Waals surface area contributed by atoms with Gasteiger partial charge in [-0.15, -0.1) is 11.3 Å². The average molecular weight is 345 g/mol. The fourth-order valence-electron chi connectivity index (χ4n) is 3.85. The molecule has 2 aromatic heterocycles. The Kier molecular flexibility index (Phi) is 4.73. The van der Waals surface area contributed by atoms with E-state index in [-0.39, 0.29) is 0 Å². The molecule has 128 valence electrons. The largest absolute Gasteiger partial charge is 0.375 e. The van der Waals surface area contributed by atoms with Gasteiger partial charge in [0.2, 0.25) is 5.95 Å². The van der Waals surface area contributed by atoms with Crippen molar-refractivity contribution in [2.45, 2.75) is 38.5 Å². The van der Waals surface area contributed by atoms with Gasteiger partial charge in [0.1, 0.15) is 0 Å². The number of thiazole rings is 1. The molecule has 1 aliphatic heterocycles. The molecule has 1 aliphatic carbocycles. The molecule has 2 fully saturated rings. The predicted molar refractivity (Wildman–Crippen MR) is 94.0 cm³/mol. The number of hydrogen-bond donors (Lipinski definition) is 1. The molecule has 2 aromatic rings. The third-order valence-corrected chi connectivity index (χ3v) is 5.78. The number of nitrogens with one attached hydrogen (secondary N) is 1. The SMILES string of the molecule is Cc1nc(CN2CCO[C@@H]3[C@H](CNc4ncccn4)CC[C@@H]32)cs1. The van der Waals surface area contributed by atoms with Crippen molar-refractivity contribution in [2.75, 3.05) is 25.0 Å². The van der Waals surface area contributed by atoms with Crippen LogP contribution >= 0.6 is 11.3 Å². The van der Waals surface area contributed by atoms with E-state index < -0.39 is 0 Å². The van der Waals surface area contributed by atoms with Crippen LogP contribution in [0.2, 0.25) is 0 Å². The van der Waals surface area contributed by atoms with Crippen LogP contribution in [0.25, 0.3) is 0 Å². The van der Waals surface area contributed by atoms with Crippen molar-refractivity contribution in [3.8, 4) is 0 Å². The Morgan fingerprint density at radius 2 is 2.21 bits per heavy atom. The molecule has 4 rings (SSSR count). The van der Waals surface area contributed by atoms with Gasteiger partial charge in [-0.05, 0) is 25.8 Å². The van der Waals surface area contributed by atoms with Gasteiger partial charge in [0, 0.05) is 49.4 Å². The zero-order valence-corrected chi connectivity index (χ0v) is 14.7. The number of morpholine rings is 1. The van der Waals surface area contributed by atoms with Crippen LogP contribution in [-0.2, 0) is 11.3 Å². The van der Waals surface area contributed by atoms with E-state index in [2.05, 4.69) is 37.5 Å². The highest BCUT2D eigenvalue weighted by atomic mass is 32.1. The lowest BCUT2D eigenvalue weighted by atomic mass is 10.0. The summed E-state index contributed by atoms with van der Waals surface area (Å²) in [5, 5.41) is 6.68. The Morgan fingerprint density at radius 3 is 3.00 bits per heavy atom. The number of ether oxygens (including phenoxy) is 1. The van der Waals surface area contributed by atoms with Crippen molar-refractivity contribution in [3.05, 3.63) is 34.5 Å². The minimum Gasteiger partial charge on any atom is -0.375 e. The van der Waals surface area contributed by atoms with Crippen LogP contribution in [0.3, 0.4) is 0 Å². The molecule has 6 nitrogen and oxygen atoms in total. The maximum absolute atomic E-state index is 6.14. The zero-order chi connectivity index (χ0) is 16.4. The molecule has 7 heteroatoms. The van der Waals surface area contributed by atoms with Gasteiger partial charge in [-0.1, -0.05) is 0 Å². The molecular formula is C17H23N5OS. The fraction of sp³-hybridized carbons (Fsp3) is 0.588. The van der Waals surface area contributed by atoms with Crippen LogP contribution in [0, 0.1) is 12.8 Å². The van der Waals surface area contributed by atoms with E-state index >= 15 is 0 Å². The van der Waals surface area contributed by atoms with Gasteiger partial charge in [-0.25, -0.2) is 15.0 Å². The van der Waals surface area contributed by atoms with Crippen molar-refractivity contribution < 1.29 is 4.74 Å². The van der Waals surface area contributed by atoms with E-state index in [9.17, 15) is 0 Å². The topological polar surface area (TPSA) is 63.2 Å². The van der Waals surface area contributed by atoms with Crippen LogP contribution < -0.4 is 5.32 Å². The Bertz CT molecular complexity index is 664. The van der Waals surface area contributed by atoms with Crippen LogP contribution in [0.1, 0.15) is 23.5 Å². The number of aryl methyl sites for hydroxylation is 1. The standard InChI is InChI=1S/C17H23N5OS/c1-12-21-14(11-24-12)10-22-7-8-23-16-13(3-4-15(16)22)9-20-17-18-5-2-6-19-17/h2,5-6,11,13,15-16H,3-4,7-10H2,1H3,(H,18,19,20)/t13-,15-,16+/m0/s1. The summed E-state index contributed by atoms with van der Waals surface area (Å²) < 4.78 is 6.14. The van der Waals surface area contributed by atoms with Gasteiger partial charge in [-0.2, -0.15) is 0 Å². The Morgan fingerprint density at radius 1 is 1.33 bits per heavy atom. The summed E-state index contributed by atoms with van der Waals surface area (Å²) in [5.41, 5.74) is 1.19. The Labute approximate surface area is 146 Å². The van der Waals surface area contributed by atoms with Crippen molar-refractivity contribution >= 4 is 17.3 Å². The summed E-state index contributed by atoms with van der Waals surface area (Å²) in [6.45, 7) is 5.69. The van der Waals surface area contributed by atoms with E-state index in [1.54, 1.807) is 23.7 Å². The second kappa shape index (κ2) is 7.13. The van der Waals surface area contributed by atoms with Gasteiger partial charge in [0.25, 0.3) is 0 Å². The first-order valence-corrected chi connectivity index (χ1v) is 9.45. The van der Waals surface area contributed by atoms with Crippen LogP contribution in [0.15, 0.2) is 23.8 Å². The summed E-state index contributed by atoms with van der Waals surface area (Å²) in [6, 6.07) is 2.34. The van der Waals surface area contributed by atoms with Crippen LogP contribution in [0.4, 0.5) is 5.95 Å². The highest BCUT2D eigenvalue weighted by Crippen LogP contribution is 2.35. The Hall–Kier alpha value is -1.57. The normalized spacial score (nSPS) is 27.1. The maximum Gasteiger partial charge on any atom is 0.222 e.